The number of aliphatic hydroxyl groups excluding tert-OH is 1. The molecule has 1 atom stereocenters. The number of carbonyl (C=O) groups excluding carboxylic acids is 1. The van der Waals surface area contributed by atoms with Gasteiger partial charge in [0.2, 0.25) is 0 Å². The van der Waals surface area contributed by atoms with Gasteiger partial charge < -0.3 is 5.11 Å². The van der Waals surface area contributed by atoms with Gasteiger partial charge in [-0.25, -0.2) is 0 Å². The van der Waals surface area contributed by atoms with Gasteiger partial charge in [-0.05, 0) is 87.2 Å². The van der Waals surface area contributed by atoms with Crippen LogP contribution in [0.2, 0.25) is 0 Å². The SMILES string of the molecule is CC1=CC(=O)CC(C)(C)/C1=C/C=C(C)/C=C/C=C(C)/C=C/C=C/C(C)=C/C=C/C(C)=C/C=C1\C(C)=CC(O)CC1(C)C. The summed E-state index contributed by atoms with van der Waals surface area (Å²) in [7, 11) is 0. The van der Waals surface area contributed by atoms with Crippen LogP contribution in [0.25, 0.3) is 0 Å². The fourth-order valence-corrected chi connectivity index (χ4v) is 5.52. The lowest BCUT2D eigenvalue weighted by atomic mass is 9.72. The Morgan fingerprint density at radius 3 is 1.57 bits per heavy atom. The van der Waals surface area contributed by atoms with Gasteiger partial charge in [0, 0.05) is 6.42 Å². The highest BCUT2D eigenvalue weighted by atomic mass is 16.3. The average Bonchev–Trinajstić information content (AvgIpc) is 2.84. The van der Waals surface area contributed by atoms with Crippen LogP contribution in [0.1, 0.15) is 82.1 Å². The molecule has 2 nitrogen and oxygen atoms in total. The van der Waals surface area contributed by atoms with E-state index in [1.807, 2.05) is 13.0 Å². The van der Waals surface area contributed by atoms with Crippen LogP contribution in [-0.4, -0.2) is 17.0 Å². The van der Waals surface area contributed by atoms with Crippen LogP contribution in [0.5, 0.6) is 0 Å². The summed E-state index contributed by atoms with van der Waals surface area (Å²) < 4.78 is 0. The lowest BCUT2D eigenvalue weighted by molar-refractivity contribution is -0.116. The summed E-state index contributed by atoms with van der Waals surface area (Å²) in [6, 6.07) is 0. The van der Waals surface area contributed by atoms with Crippen LogP contribution in [0.4, 0.5) is 0 Å². The number of hydrogen-bond donors (Lipinski definition) is 1. The van der Waals surface area contributed by atoms with E-state index in [4.69, 9.17) is 0 Å². The molecule has 0 aliphatic heterocycles. The quantitative estimate of drug-likeness (QED) is 0.283. The van der Waals surface area contributed by atoms with Crippen LogP contribution in [0.15, 0.2) is 142 Å². The van der Waals surface area contributed by atoms with E-state index in [1.54, 1.807) is 6.08 Å². The van der Waals surface area contributed by atoms with Crippen molar-refractivity contribution in [1.82, 2.24) is 0 Å². The molecule has 0 bridgehead atoms. The molecule has 0 saturated carbocycles. The van der Waals surface area contributed by atoms with Gasteiger partial charge >= 0.3 is 0 Å². The highest BCUT2D eigenvalue weighted by molar-refractivity contribution is 5.93. The first-order valence-corrected chi connectivity index (χ1v) is 15.0. The standard InChI is InChI=1S/C40H52O2/c1-29(17-13-19-31(3)21-23-37-33(5)25-35(41)27-39(37,7)8)15-11-12-16-30(2)18-14-20-32(4)22-24-38-34(6)26-36(42)28-40(38,9)10/h11-26,35,41H,27-28H2,1-10H3/b15-11+,16-12+,19-13+,20-14+,29-17+,30-18+,31-21+,32-22+,37-23+,38-24+. The van der Waals surface area contributed by atoms with Crippen molar-refractivity contribution in [2.75, 3.05) is 0 Å². The third-order valence-electron chi connectivity index (χ3n) is 7.76. The minimum atomic E-state index is -0.354. The Hall–Kier alpha value is -3.49. The number of allylic oxidation sites excluding steroid dienone is 23. The number of hydrogen-bond acceptors (Lipinski definition) is 2. The second-order valence-corrected chi connectivity index (χ2v) is 13.1. The summed E-state index contributed by atoms with van der Waals surface area (Å²) in [5, 5.41) is 10.0. The maximum absolute atomic E-state index is 11.9. The molecule has 0 radical (unpaired) electrons. The Morgan fingerprint density at radius 2 is 1.12 bits per heavy atom. The second kappa shape index (κ2) is 15.7. The first kappa shape index (κ1) is 34.7. The molecule has 0 amide bonds. The van der Waals surface area contributed by atoms with Gasteiger partial charge in [0.25, 0.3) is 0 Å². The zero-order valence-corrected chi connectivity index (χ0v) is 27.6. The van der Waals surface area contributed by atoms with Crippen molar-refractivity contribution in [2.24, 2.45) is 10.8 Å². The molecule has 0 aromatic heterocycles. The first-order chi connectivity index (χ1) is 19.6. The first-order valence-electron chi connectivity index (χ1n) is 15.0. The Kier molecular flexibility index (Phi) is 12.9. The van der Waals surface area contributed by atoms with E-state index in [-0.39, 0.29) is 22.7 Å². The minimum absolute atomic E-state index is 0.0289. The number of aliphatic hydroxyl groups is 1. The molecule has 0 saturated heterocycles. The van der Waals surface area contributed by atoms with E-state index >= 15 is 0 Å². The van der Waals surface area contributed by atoms with Gasteiger partial charge in [-0.3, -0.25) is 4.79 Å². The minimum Gasteiger partial charge on any atom is -0.389 e. The monoisotopic (exact) mass is 564 g/mol. The predicted molar refractivity (Wildman–Crippen MR) is 183 cm³/mol. The van der Waals surface area contributed by atoms with Crippen molar-refractivity contribution in [3.8, 4) is 0 Å². The van der Waals surface area contributed by atoms with E-state index in [9.17, 15) is 9.90 Å². The fourth-order valence-electron chi connectivity index (χ4n) is 5.52. The van der Waals surface area contributed by atoms with E-state index in [0.717, 1.165) is 23.1 Å². The van der Waals surface area contributed by atoms with Gasteiger partial charge in [0.05, 0.1) is 6.10 Å². The molecule has 0 aromatic carbocycles. The Labute approximate surface area is 256 Å². The molecule has 2 heteroatoms. The molecule has 2 aliphatic rings. The molecule has 1 unspecified atom stereocenters. The maximum Gasteiger partial charge on any atom is 0.156 e. The number of carbonyl (C=O) groups is 1. The number of ketones is 1. The van der Waals surface area contributed by atoms with Gasteiger partial charge in [-0.2, -0.15) is 0 Å². The summed E-state index contributed by atoms with van der Waals surface area (Å²) in [5.41, 5.74) is 9.28. The summed E-state index contributed by atoms with van der Waals surface area (Å²) in [4.78, 5) is 11.9. The summed E-state index contributed by atoms with van der Waals surface area (Å²) in [5.74, 6) is 0.212. The molecule has 0 heterocycles. The van der Waals surface area contributed by atoms with Crippen LogP contribution in [0.3, 0.4) is 0 Å². The maximum atomic E-state index is 11.9. The molecule has 2 aliphatic carbocycles. The molecular weight excluding hydrogens is 512 g/mol. The van der Waals surface area contributed by atoms with Crippen molar-refractivity contribution >= 4 is 5.78 Å². The predicted octanol–water partition coefficient (Wildman–Crippen LogP) is 10.5. The highest BCUT2D eigenvalue weighted by Crippen LogP contribution is 2.41. The summed E-state index contributed by atoms with van der Waals surface area (Å²) in [6.45, 7) is 21.2. The average molecular weight is 565 g/mol. The lowest BCUT2D eigenvalue weighted by Gasteiger charge is -2.34. The van der Waals surface area contributed by atoms with Gasteiger partial charge in [-0.15, -0.1) is 0 Å². The zero-order valence-electron chi connectivity index (χ0n) is 27.6. The topological polar surface area (TPSA) is 37.3 Å². The van der Waals surface area contributed by atoms with Crippen LogP contribution < -0.4 is 0 Å². The van der Waals surface area contributed by atoms with Crippen molar-refractivity contribution in [3.63, 3.8) is 0 Å². The van der Waals surface area contributed by atoms with E-state index in [0.29, 0.717) is 6.42 Å². The molecule has 42 heavy (non-hydrogen) atoms. The Balaban J connectivity index is 1.93. The molecule has 2 rings (SSSR count). The van der Waals surface area contributed by atoms with E-state index in [2.05, 4.69) is 147 Å². The smallest absolute Gasteiger partial charge is 0.156 e. The molecule has 0 spiro atoms. The van der Waals surface area contributed by atoms with E-state index in [1.165, 1.54) is 27.9 Å². The lowest BCUT2D eigenvalue weighted by Crippen LogP contribution is -2.26. The van der Waals surface area contributed by atoms with Crippen molar-refractivity contribution < 1.29 is 9.90 Å². The summed E-state index contributed by atoms with van der Waals surface area (Å²) in [6.07, 6.45) is 34.2. The largest absolute Gasteiger partial charge is 0.389 e. The molecule has 1 N–H and O–H groups in total. The third-order valence-corrected chi connectivity index (χ3v) is 7.76. The molecular formula is C40H52O2. The molecule has 0 aromatic rings. The van der Waals surface area contributed by atoms with Gasteiger partial charge in [0.15, 0.2) is 5.78 Å². The van der Waals surface area contributed by atoms with Gasteiger partial charge in [-0.1, -0.05) is 141 Å². The van der Waals surface area contributed by atoms with Crippen molar-refractivity contribution in [2.45, 2.75) is 88.2 Å². The Bertz CT molecular complexity index is 1380. The molecule has 224 valence electrons. The van der Waals surface area contributed by atoms with Crippen LogP contribution >= 0.6 is 0 Å². The van der Waals surface area contributed by atoms with Crippen LogP contribution in [0, 0.1) is 10.8 Å². The molecule has 0 fully saturated rings. The Morgan fingerprint density at radius 1 is 0.690 bits per heavy atom. The highest BCUT2D eigenvalue weighted by Gasteiger charge is 2.31. The fraction of sp³-hybridized carbons (Fsp3) is 0.375. The van der Waals surface area contributed by atoms with Crippen molar-refractivity contribution in [3.05, 3.63) is 142 Å². The summed E-state index contributed by atoms with van der Waals surface area (Å²) >= 11 is 0. The van der Waals surface area contributed by atoms with Gasteiger partial charge in [0.1, 0.15) is 0 Å². The third kappa shape index (κ3) is 11.4. The second-order valence-electron chi connectivity index (χ2n) is 13.1. The zero-order chi connectivity index (χ0) is 31.5. The number of rotatable bonds is 9. The van der Waals surface area contributed by atoms with Crippen molar-refractivity contribution in [1.29, 1.82) is 0 Å². The van der Waals surface area contributed by atoms with Crippen LogP contribution in [-0.2, 0) is 4.79 Å². The van der Waals surface area contributed by atoms with E-state index < -0.39 is 0 Å². The normalized spacial score (nSPS) is 24.6.